The largest absolute Gasteiger partial charge is 0.477 e. The van der Waals surface area contributed by atoms with Crippen LogP contribution in [0.5, 0.6) is 0 Å². The monoisotopic (exact) mass is 235 g/mol. The minimum absolute atomic E-state index is 0.403. The topological polar surface area (TPSA) is 121 Å². The first kappa shape index (κ1) is 10.9. The van der Waals surface area contributed by atoms with Crippen molar-refractivity contribution >= 4 is 23.3 Å². The van der Waals surface area contributed by atoms with Gasteiger partial charge < -0.3 is 10.1 Å². The van der Waals surface area contributed by atoms with Crippen LogP contribution in [0.4, 0.5) is 0 Å². The number of carbonyl (C=O) groups excluding carboxylic acids is 3. The predicted molar refractivity (Wildman–Crippen MR) is 52.3 cm³/mol. The maximum Gasteiger partial charge on any atom is 0.352 e. The average Bonchev–Trinajstić information content (AvgIpc) is 2.25. The van der Waals surface area contributed by atoms with Crippen LogP contribution in [-0.4, -0.2) is 33.4 Å². The highest BCUT2D eigenvalue weighted by atomic mass is 16.4. The van der Waals surface area contributed by atoms with Gasteiger partial charge in [-0.25, -0.2) is 4.79 Å². The molecule has 2 N–H and O–H groups in total. The number of ketones is 3. The van der Waals surface area contributed by atoms with Crippen molar-refractivity contribution in [3.63, 3.8) is 0 Å². The summed E-state index contributed by atoms with van der Waals surface area (Å²) in [4.78, 5) is 58.3. The molecule has 0 amide bonds. The minimum Gasteiger partial charge on any atom is -0.477 e. The molecular formula is C10H5NO6. The maximum absolute atomic E-state index is 11.5. The molecule has 7 nitrogen and oxygen atoms in total. The van der Waals surface area contributed by atoms with E-state index in [2.05, 4.69) is 4.98 Å². The molecule has 1 aliphatic rings. The van der Waals surface area contributed by atoms with E-state index in [1.165, 1.54) is 0 Å². The number of hydrogen-bond acceptors (Lipinski definition) is 5. The number of Topliss-reactive ketones (excluding diaryl/α,β-unsaturated/α-hetero) is 3. The molecule has 1 heterocycles. The first-order valence-electron chi connectivity index (χ1n) is 4.53. The number of carbonyl (C=O) groups is 4. The highest BCUT2D eigenvalue weighted by molar-refractivity contribution is 6.50. The van der Waals surface area contributed by atoms with Gasteiger partial charge in [0.05, 0.1) is 12.1 Å². The van der Waals surface area contributed by atoms with E-state index in [1.807, 2.05) is 0 Å². The fourth-order valence-corrected chi connectivity index (χ4v) is 1.56. The summed E-state index contributed by atoms with van der Waals surface area (Å²) in [5.41, 5.74) is -2.41. The average molecular weight is 235 g/mol. The van der Waals surface area contributed by atoms with Crippen molar-refractivity contribution in [1.29, 1.82) is 0 Å². The number of aromatic nitrogens is 1. The van der Waals surface area contributed by atoms with Crippen LogP contribution in [0.3, 0.4) is 0 Å². The lowest BCUT2D eigenvalue weighted by Crippen LogP contribution is -2.34. The van der Waals surface area contributed by atoms with E-state index in [-0.39, 0.29) is 0 Å². The second-order valence-electron chi connectivity index (χ2n) is 3.45. The third kappa shape index (κ3) is 1.57. The van der Waals surface area contributed by atoms with Crippen LogP contribution in [0.2, 0.25) is 0 Å². The molecule has 0 unspecified atom stereocenters. The summed E-state index contributed by atoms with van der Waals surface area (Å²) in [6.07, 6.45) is -0.648. The maximum atomic E-state index is 11.5. The van der Waals surface area contributed by atoms with Gasteiger partial charge >= 0.3 is 5.97 Å². The Morgan fingerprint density at radius 3 is 2.41 bits per heavy atom. The van der Waals surface area contributed by atoms with E-state index in [0.29, 0.717) is 6.07 Å². The van der Waals surface area contributed by atoms with E-state index in [0.717, 1.165) is 0 Å². The van der Waals surface area contributed by atoms with Crippen molar-refractivity contribution in [3.8, 4) is 0 Å². The molecule has 2 rings (SSSR count). The molecule has 0 atom stereocenters. The van der Waals surface area contributed by atoms with Crippen molar-refractivity contribution in [2.75, 3.05) is 0 Å². The van der Waals surface area contributed by atoms with Crippen molar-refractivity contribution < 1.29 is 24.3 Å². The van der Waals surface area contributed by atoms with Crippen LogP contribution in [0, 0.1) is 0 Å². The number of aromatic amines is 1. The molecule has 0 saturated heterocycles. The van der Waals surface area contributed by atoms with E-state index >= 15 is 0 Å². The van der Waals surface area contributed by atoms with Gasteiger partial charge in [-0.3, -0.25) is 19.2 Å². The second kappa shape index (κ2) is 3.48. The van der Waals surface area contributed by atoms with E-state index in [9.17, 15) is 24.0 Å². The van der Waals surface area contributed by atoms with E-state index < -0.39 is 52.1 Å². The number of carboxylic acids is 1. The summed E-state index contributed by atoms with van der Waals surface area (Å²) in [5.74, 6) is -4.21. The Morgan fingerprint density at radius 1 is 1.18 bits per heavy atom. The minimum atomic E-state index is -1.43. The molecule has 0 radical (unpaired) electrons. The molecule has 1 aromatic heterocycles. The summed E-state index contributed by atoms with van der Waals surface area (Å²) in [5, 5.41) is 8.68. The van der Waals surface area contributed by atoms with Gasteiger partial charge in [0.2, 0.25) is 11.6 Å². The number of hydrogen-bond donors (Lipinski definition) is 2. The molecule has 0 spiro atoms. The fourth-order valence-electron chi connectivity index (χ4n) is 1.56. The quantitative estimate of drug-likeness (QED) is 0.495. The number of nitrogens with one attached hydrogen (secondary N) is 1. The molecule has 0 fully saturated rings. The Kier molecular flexibility index (Phi) is 2.24. The smallest absolute Gasteiger partial charge is 0.352 e. The third-order valence-corrected chi connectivity index (χ3v) is 2.34. The van der Waals surface area contributed by atoms with Crippen LogP contribution in [0.1, 0.15) is 37.8 Å². The zero-order chi connectivity index (χ0) is 12.7. The summed E-state index contributed by atoms with van der Waals surface area (Å²) >= 11 is 0. The first-order chi connectivity index (χ1) is 7.91. The zero-order valence-corrected chi connectivity index (χ0v) is 8.27. The lowest BCUT2D eigenvalue weighted by Gasteiger charge is -2.12. The zero-order valence-electron chi connectivity index (χ0n) is 8.27. The molecule has 0 aliphatic heterocycles. The molecule has 0 bridgehead atoms. The van der Waals surface area contributed by atoms with Gasteiger partial charge in [-0.2, -0.15) is 0 Å². The number of rotatable bonds is 1. The summed E-state index contributed by atoms with van der Waals surface area (Å²) in [6.45, 7) is 0. The summed E-state index contributed by atoms with van der Waals surface area (Å²) in [6, 6.07) is 0.672. The molecule has 0 saturated carbocycles. The van der Waals surface area contributed by atoms with Gasteiger partial charge in [0.25, 0.3) is 0 Å². The number of pyridine rings is 1. The number of H-pyrrole nitrogens is 1. The lowest BCUT2D eigenvalue weighted by atomic mass is 9.92. The van der Waals surface area contributed by atoms with Crippen molar-refractivity contribution in [2.45, 2.75) is 6.42 Å². The SMILES string of the molecule is O=C1CC(=O)c2[nH]c(C(=O)O)cc(=O)c2C1=O. The standard InChI is InChI=1S/C10H5NO6/c12-4-1-3(10(16)17)11-8-5(13)2-6(14)9(15)7(4)8/h1H,2H2,(H,11,12)(H,16,17). The first-order valence-corrected chi connectivity index (χ1v) is 4.53. The Labute approximate surface area is 93.1 Å². The van der Waals surface area contributed by atoms with Crippen LogP contribution < -0.4 is 5.43 Å². The Hall–Kier alpha value is -2.57. The third-order valence-electron chi connectivity index (χ3n) is 2.34. The molecular weight excluding hydrogens is 230 g/mol. The van der Waals surface area contributed by atoms with Crippen LogP contribution in [0.25, 0.3) is 0 Å². The second-order valence-corrected chi connectivity index (χ2v) is 3.45. The highest BCUT2D eigenvalue weighted by Crippen LogP contribution is 2.14. The molecule has 1 aromatic rings. The molecule has 17 heavy (non-hydrogen) atoms. The van der Waals surface area contributed by atoms with Gasteiger partial charge in [-0.15, -0.1) is 0 Å². The molecule has 1 aliphatic carbocycles. The Morgan fingerprint density at radius 2 is 1.82 bits per heavy atom. The molecule has 0 aromatic carbocycles. The van der Waals surface area contributed by atoms with Crippen LogP contribution >= 0.6 is 0 Å². The van der Waals surface area contributed by atoms with Crippen molar-refractivity contribution in [3.05, 3.63) is 33.2 Å². The van der Waals surface area contributed by atoms with E-state index in [1.54, 1.807) is 0 Å². The van der Waals surface area contributed by atoms with Crippen LogP contribution in [-0.2, 0) is 4.79 Å². The lowest BCUT2D eigenvalue weighted by molar-refractivity contribution is -0.114. The number of fused-ring (bicyclic) bond motifs is 1. The van der Waals surface area contributed by atoms with Gasteiger partial charge in [0.15, 0.2) is 11.2 Å². The predicted octanol–water partition coefficient (Wildman–Crippen LogP) is -0.589. The molecule has 7 heteroatoms. The Balaban J connectivity index is 2.79. The van der Waals surface area contributed by atoms with Gasteiger partial charge in [0, 0.05) is 6.07 Å². The molecule has 86 valence electrons. The van der Waals surface area contributed by atoms with Gasteiger partial charge in [-0.05, 0) is 0 Å². The Bertz CT molecular complexity index is 639. The van der Waals surface area contributed by atoms with Gasteiger partial charge in [-0.1, -0.05) is 0 Å². The number of carboxylic acid groups (broad SMARTS) is 1. The van der Waals surface area contributed by atoms with Crippen molar-refractivity contribution in [2.24, 2.45) is 0 Å². The van der Waals surface area contributed by atoms with Crippen LogP contribution in [0.15, 0.2) is 10.9 Å². The van der Waals surface area contributed by atoms with E-state index in [4.69, 9.17) is 5.11 Å². The van der Waals surface area contributed by atoms with Crippen molar-refractivity contribution in [1.82, 2.24) is 4.98 Å². The van der Waals surface area contributed by atoms with Gasteiger partial charge in [0.1, 0.15) is 11.3 Å². The number of aromatic carboxylic acids is 1. The summed E-state index contributed by atoms with van der Waals surface area (Å²) in [7, 11) is 0. The highest BCUT2D eigenvalue weighted by Gasteiger charge is 2.34. The fraction of sp³-hybridized carbons (Fsp3) is 0.100. The normalized spacial score (nSPS) is 14.7. The summed E-state index contributed by atoms with van der Waals surface area (Å²) < 4.78 is 0.